The molecule has 0 radical (unpaired) electrons. The van der Waals surface area contributed by atoms with E-state index < -0.39 is 23.2 Å². The van der Waals surface area contributed by atoms with Crippen molar-refractivity contribution in [1.82, 2.24) is 5.32 Å². The number of rotatable bonds is 5. The summed E-state index contributed by atoms with van der Waals surface area (Å²) in [5.74, 6) is 0. The molecule has 0 aromatic carbocycles. The van der Waals surface area contributed by atoms with Gasteiger partial charge in [0.15, 0.2) is 0 Å². The second-order valence-electron chi connectivity index (χ2n) is 6.52. The van der Waals surface area contributed by atoms with Gasteiger partial charge in [0, 0.05) is 22.9 Å². The van der Waals surface area contributed by atoms with E-state index in [1.807, 2.05) is 0 Å². The van der Waals surface area contributed by atoms with Gasteiger partial charge in [-0.2, -0.15) is 0 Å². The van der Waals surface area contributed by atoms with E-state index in [1.54, 1.807) is 26.8 Å². The molecule has 0 heterocycles. The molecule has 3 atom stereocenters. The van der Waals surface area contributed by atoms with Gasteiger partial charge in [0.05, 0.1) is 6.10 Å². The number of allylic oxidation sites excluding steroid dienone is 1. The van der Waals surface area contributed by atoms with Gasteiger partial charge in [-0.05, 0) is 45.6 Å². The maximum atomic E-state index is 11.8. The SMILES string of the molecule is C=CC[C@@]1(CNC(=O)OC(C)(C)C)CC(N=[N+]=[N-])C[C@@H]1O. The van der Waals surface area contributed by atoms with Gasteiger partial charge in [-0.3, -0.25) is 0 Å². The molecule has 0 saturated heterocycles. The molecule has 0 aromatic heterocycles. The van der Waals surface area contributed by atoms with Gasteiger partial charge in [0.1, 0.15) is 5.60 Å². The summed E-state index contributed by atoms with van der Waals surface area (Å²) in [5.41, 5.74) is 7.40. The molecule has 0 spiro atoms. The minimum absolute atomic E-state index is 0.256. The van der Waals surface area contributed by atoms with Crippen molar-refractivity contribution in [2.24, 2.45) is 10.5 Å². The Morgan fingerprint density at radius 2 is 2.33 bits per heavy atom. The molecule has 1 saturated carbocycles. The minimum Gasteiger partial charge on any atom is -0.444 e. The molecule has 21 heavy (non-hydrogen) atoms. The van der Waals surface area contributed by atoms with Crippen molar-refractivity contribution in [2.45, 2.75) is 57.8 Å². The van der Waals surface area contributed by atoms with E-state index in [4.69, 9.17) is 10.3 Å². The molecule has 0 aliphatic heterocycles. The van der Waals surface area contributed by atoms with Crippen LogP contribution in [0.25, 0.3) is 10.4 Å². The van der Waals surface area contributed by atoms with Gasteiger partial charge in [-0.1, -0.05) is 11.2 Å². The van der Waals surface area contributed by atoms with Gasteiger partial charge in [0.25, 0.3) is 0 Å². The van der Waals surface area contributed by atoms with E-state index >= 15 is 0 Å². The molecule has 0 bridgehead atoms. The second kappa shape index (κ2) is 6.83. The van der Waals surface area contributed by atoms with E-state index in [0.717, 1.165) is 0 Å². The van der Waals surface area contributed by atoms with Gasteiger partial charge in [-0.15, -0.1) is 6.58 Å². The number of ether oxygens (including phenoxy) is 1. The topological polar surface area (TPSA) is 107 Å². The minimum atomic E-state index is -0.652. The quantitative estimate of drug-likeness (QED) is 0.352. The maximum absolute atomic E-state index is 11.8. The van der Waals surface area contributed by atoms with E-state index in [-0.39, 0.29) is 12.6 Å². The first-order valence-electron chi connectivity index (χ1n) is 7.02. The normalized spacial score (nSPS) is 28.6. The predicted molar refractivity (Wildman–Crippen MR) is 79.7 cm³/mol. The molecule has 7 heteroatoms. The Morgan fingerprint density at radius 1 is 1.67 bits per heavy atom. The Hall–Kier alpha value is -1.72. The largest absolute Gasteiger partial charge is 0.444 e. The zero-order chi connectivity index (χ0) is 16.1. The lowest BCUT2D eigenvalue weighted by Gasteiger charge is -2.32. The first-order valence-corrected chi connectivity index (χ1v) is 7.02. The Balaban J connectivity index is 2.71. The lowest BCUT2D eigenvalue weighted by atomic mass is 9.80. The number of hydrogen-bond donors (Lipinski definition) is 2. The lowest BCUT2D eigenvalue weighted by Crippen LogP contribution is -2.43. The Bertz CT molecular complexity index is 440. The highest BCUT2D eigenvalue weighted by molar-refractivity contribution is 5.67. The highest BCUT2D eigenvalue weighted by Gasteiger charge is 2.45. The number of hydrogen-bond acceptors (Lipinski definition) is 4. The molecule has 0 aromatic rings. The molecule has 1 aliphatic rings. The molecule has 1 unspecified atom stereocenters. The maximum Gasteiger partial charge on any atom is 0.407 e. The summed E-state index contributed by atoms with van der Waals surface area (Å²) in [6, 6.07) is -0.259. The molecule has 2 N–H and O–H groups in total. The fourth-order valence-electron chi connectivity index (χ4n) is 2.69. The zero-order valence-electron chi connectivity index (χ0n) is 12.9. The lowest BCUT2D eigenvalue weighted by molar-refractivity contribution is 0.0346. The van der Waals surface area contributed by atoms with E-state index in [1.165, 1.54) is 0 Å². The van der Waals surface area contributed by atoms with Crippen LogP contribution in [0.1, 0.15) is 40.0 Å². The standard InChI is InChI=1S/C14H24N4O3/c1-5-6-14(8-10(17-18-15)7-11(14)19)9-16-12(20)21-13(2,3)4/h5,10-11,19H,1,6-9H2,2-4H3,(H,16,20)/t10?,11-,14-/m0/s1. The molecule has 1 rings (SSSR count). The van der Waals surface area contributed by atoms with Crippen LogP contribution in [0, 0.1) is 5.41 Å². The van der Waals surface area contributed by atoms with Crippen molar-refractivity contribution >= 4 is 6.09 Å². The summed E-state index contributed by atoms with van der Waals surface area (Å²) >= 11 is 0. The molecule has 7 nitrogen and oxygen atoms in total. The molecule has 1 fully saturated rings. The Kier molecular flexibility index (Phi) is 5.63. The van der Waals surface area contributed by atoms with Crippen molar-refractivity contribution in [3.8, 4) is 0 Å². The van der Waals surface area contributed by atoms with Crippen LogP contribution < -0.4 is 5.32 Å². The van der Waals surface area contributed by atoms with Crippen molar-refractivity contribution < 1.29 is 14.6 Å². The Labute approximate surface area is 125 Å². The summed E-state index contributed by atoms with van der Waals surface area (Å²) in [5, 5.41) is 16.7. The molecule has 1 amide bonds. The third-order valence-corrected chi connectivity index (χ3v) is 3.59. The highest BCUT2D eigenvalue weighted by atomic mass is 16.6. The average Bonchev–Trinajstić information content (AvgIpc) is 2.63. The van der Waals surface area contributed by atoms with Crippen molar-refractivity contribution in [1.29, 1.82) is 0 Å². The molecule has 1 aliphatic carbocycles. The summed E-state index contributed by atoms with van der Waals surface area (Å²) in [6.45, 7) is 9.32. The van der Waals surface area contributed by atoms with E-state index in [9.17, 15) is 9.90 Å². The number of aliphatic hydroxyl groups is 1. The fraction of sp³-hybridized carbons (Fsp3) is 0.786. The van der Waals surface area contributed by atoms with Gasteiger partial charge in [-0.25, -0.2) is 4.79 Å². The number of amides is 1. The summed E-state index contributed by atoms with van der Waals surface area (Å²) in [6.07, 6.45) is 1.97. The first kappa shape index (κ1) is 17.3. The van der Waals surface area contributed by atoms with Gasteiger partial charge in [0.2, 0.25) is 0 Å². The monoisotopic (exact) mass is 296 g/mol. The first-order chi connectivity index (χ1) is 9.72. The zero-order valence-corrected chi connectivity index (χ0v) is 12.9. The average molecular weight is 296 g/mol. The third kappa shape index (κ3) is 4.95. The molecular formula is C14H24N4O3. The van der Waals surface area contributed by atoms with Crippen LogP contribution in [0.2, 0.25) is 0 Å². The van der Waals surface area contributed by atoms with Crippen molar-refractivity contribution in [3.63, 3.8) is 0 Å². The summed E-state index contributed by atoms with van der Waals surface area (Å²) in [7, 11) is 0. The molecular weight excluding hydrogens is 272 g/mol. The number of alkyl carbamates (subject to hydrolysis) is 1. The van der Waals surface area contributed by atoms with E-state index in [0.29, 0.717) is 19.3 Å². The number of nitrogens with one attached hydrogen (secondary N) is 1. The molecule has 118 valence electrons. The number of carbonyl (C=O) groups excluding carboxylic acids is 1. The van der Waals surface area contributed by atoms with Crippen LogP contribution in [0.3, 0.4) is 0 Å². The number of azide groups is 1. The van der Waals surface area contributed by atoms with Crippen LogP contribution >= 0.6 is 0 Å². The van der Waals surface area contributed by atoms with Crippen LogP contribution in [0.15, 0.2) is 17.8 Å². The van der Waals surface area contributed by atoms with Crippen LogP contribution in [-0.4, -0.2) is 35.5 Å². The van der Waals surface area contributed by atoms with Crippen LogP contribution in [0.5, 0.6) is 0 Å². The smallest absolute Gasteiger partial charge is 0.407 e. The summed E-state index contributed by atoms with van der Waals surface area (Å²) in [4.78, 5) is 14.6. The van der Waals surface area contributed by atoms with Gasteiger partial charge >= 0.3 is 6.09 Å². The predicted octanol–water partition coefficient (Wildman–Crippen LogP) is 2.91. The number of carbonyl (C=O) groups is 1. The number of aliphatic hydroxyl groups excluding tert-OH is 1. The fourth-order valence-corrected chi connectivity index (χ4v) is 2.69. The van der Waals surface area contributed by atoms with Crippen LogP contribution in [-0.2, 0) is 4.74 Å². The second-order valence-corrected chi connectivity index (χ2v) is 6.52. The van der Waals surface area contributed by atoms with Gasteiger partial charge < -0.3 is 15.2 Å². The highest BCUT2D eigenvalue weighted by Crippen LogP contribution is 2.42. The van der Waals surface area contributed by atoms with Crippen molar-refractivity contribution in [2.75, 3.05) is 6.54 Å². The van der Waals surface area contributed by atoms with E-state index in [2.05, 4.69) is 21.9 Å². The number of nitrogens with zero attached hydrogens (tertiary/aromatic N) is 3. The summed E-state index contributed by atoms with van der Waals surface area (Å²) < 4.78 is 5.19. The Morgan fingerprint density at radius 3 is 2.86 bits per heavy atom. The third-order valence-electron chi connectivity index (χ3n) is 3.59. The van der Waals surface area contributed by atoms with Crippen molar-refractivity contribution in [3.05, 3.63) is 23.1 Å². The van der Waals surface area contributed by atoms with Crippen LogP contribution in [0.4, 0.5) is 4.79 Å².